The molecule has 0 heterocycles. The quantitative estimate of drug-likeness (QED) is 0.392. The van der Waals surface area contributed by atoms with E-state index >= 15 is 0 Å². The van der Waals surface area contributed by atoms with E-state index in [1.165, 1.54) is 0 Å². The van der Waals surface area contributed by atoms with Crippen LogP contribution in [0.2, 0.25) is 0 Å². The zero-order valence-electron chi connectivity index (χ0n) is 9.01. The van der Waals surface area contributed by atoms with E-state index in [4.69, 9.17) is 15.3 Å². The summed E-state index contributed by atoms with van der Waals surface area (Å²) >= 11 is -12.1. The molecule has 0 aliphatic rings. The SMILES string of the molecule is OCC(O)CO.[K+].[K+].[O]=[Cr](=[O])([O-])[O][Cr](=[O])(=[O])[O-]. The fourth-order valence-corrected chi connectivity index (χ4v) is 1.79. The molecule has 0 aromatic carbocycles. The van der Waals surface area contributed by atoms with Crippen molar-refractivity contribution in [3.8, 4) is 0 Å². The minimum absolute atomic E-state index is 0. The predicted octanol–water partition coefficient (Wildman–Crippen LogP) is -10.6. The van der Waals surface area contributed by atoms with Crippen molar-refractivity contribution in [1.82, 2.24) is 0 Å². The van der Waals surface area contributed by atoms with Gasteiger partial charge in [-0.2, -0.15) is 0 Å². The molecule has 3 N–H and O–H groups in total. The summed E-state index contributed by atoms with van der Waals surface area (Å²) in [6.45, 7) is -0.729. The van der Waals surface area contributed by atoms with Gasteiger partial charge in [-0.3, -0.25) is 0 Å². The molecule has 94 valence electrons. The fourth-order valence-electron chi connectivity index (χ4n) is 0.160. The molecule has 0 aliphatic heterocycles. The molecule has 0 amide bonds. The van der Waals surface area contributed by atoms with Gasteiger partial charge in [0.15, 0.2) is 0 Å². The second kappa shape index (κ2) is 14.2. The zero-order chi connectivity index (χ0) is 12.7. The average Bonchev–Trinajstić information content (AvgIpc) is 1.97. The van der Waals surface area contributed by atoms with Crippen LogP contribution in [0.5, 0.6) is 0 Å². The van der Waals surface area contributed by atoms with Crippen LogP contribution in [-0.4, -0.2) is 34.6 Å². The van der Waals surface area contributed by atoms with Gasteiger partial charge in [0.2, 0.25) is 0 Å². The molecule has 0 fully saturated rings. The maximum atomic E-state index is 9.38. The molecule has 0 aliphatic carbocycles. The molecule has 14 heteroatoms. The van der Waals surface area contributed by atoms with Crippen LogP contribution in [0.3, 0.4) is 0 Å². The first kappa shape index (κ1) is 28.5. The molecule has 0 spiro atoms. The molecule has 0 rings (SSSR count). The van der Waals surface area contributed by atoms with Crippen LogP contribution in [0.25, 0.3) is 0 Å². The van der Waals surface area contributed by atoms with Crippen molar-refractivity contribution in [1.29, 1.82) is 0 Å². The molecular weight excluding hydrogens is 378 g/mol. The zero-order valence-corrected chi connectivity index (χ0v) is 17.8. The van der Waals surface area contributed by atoms with Gasteiger partial charge in [-0.05, 0) is 0 Å². The molecule has 0 radical (unpaired) electrons. The molecule has 0 aromatic rings. The predicted molar refractivity (Wildman–Crippen MR) is 24.0 cm³/mol. The van der Waals surface area contributed by atoms with E-state index in [0.29, 0.717) is 0 Å². The Hall–Kier alpha value is 3.30. The van der Waals surface area contributed by atoms with Crippen molar-refractivity contribution in [2.24, 2.45) is 0 Å². The molecular formula is C3H8Cr2K2O10. The molecule has 17 heavy (non-hydrogen) atoms. The van der Waals surface area contributed by atoms with Gasteiger partial charge in [-0.1, -0.05) is 0 Å². The number of rotatable bonds is 4. The van der Waals surface area contributed by atoms with Crippen molar-refractivity contribution >= 4 is 0 Å². The second-order valence-corrected chi connectivity index (χ2v) is 5.54. The van der Waals surface area contributed by atoms with Gasteiger partial charge < -0.3 is 15.3 Å². The Morgan fingerprint density at radius 1 is 0.941 bits per heavy atom. The summed E-state index contributed by atoms with van der Waals surface area (Å²) in [6.07, 6.45) is -0.954. The monoisotopic (exact) mass is 386 g/mol. The Morgan fingerprint density at radius 3 is 1.18 bits per heavy atom. The molecule has 0 bridgehead atoms. The summed E-state index contributed by atoms with van der Waals surface area (Å²) < 4.78 is 58.9. The third-order valence-corrected chi connectivity index (χ3v) is 3.25. The Labute approximate surface area is 186 Å². The Morgan fingerprint density at radius 2 is 1.18 bits per heavy atom. The summed E-state index contributed by atoms with van der Waals surface area (Å²) in [7, 11) is 0. The maximum absolute atomic E-state index is 9.38. The first-order valence-electron chi connectivity index (χ1n) is 3.04. The second-order valence-electron chi connectivity index (χ2n) is 1.90. The van der Waals surface area contributed by atoms with Crippen molar-refractivity contribution in [2.45, 2.75) is 6.10 Å². The van der Waals surface area contributed by atoms with Crippen LogP contribution >= 0.6 is 0 Å². The van der Waals surface area contributed by atoms with Crippen molar-refractivity contribution in [3.63, 3.8) is 0 Å². The summed E-state index contributed by atoms with van der Waals surface area (Å²) in [5.74, 6) is 0. The van der Waals surface area contributed by atoms with E-state index in [-0.39, 0.29) is 116 Å². The van der Waals surface area contributed by atoms with E-state index in [9.17, 15) is 23.5 Å². The third kappa shape index (κ3) is 32.7. The molecule has 0 atom stereocenters. The van der Waals surface area contributed by atoms with E-state index in [1.54, 1.807) is 0 Å². The first-order chi connectivity index (χ1) is 6.52. The number of hydrogen-bond acceptors (Lipinski definition) is 10. The van der Waals surface area contributed by atoms with Crippen LogP contribution in [0.15, 0.2) is 0 Å². The summed E-state index contributed by atoms with van der Waals surface area (Å²) in [4.78, 5) is 0. The molecule has 0 unspecified atom stereocenters. The molecule has 10 nitrogen and oxygen atoms in total. The number of hydrogen-bond donors (Lipinski definition) is 3. The van der Waals surface area contributed by atoms with Gasteiger partial charge in [0, 0.05) is 0 Å². The van der Waals surface area contributed by atoms with Crippen molar-refractivity contribution in [3.05, 3.63) is 0 Å². The molecule has 0 aromatic heterocycles. The number of aliphatic hydroxyl groups is 3. The van der Waals surface area contributed by atoms with Crippen LogP contribution in [0.1, 0.15) is 0 Å². The summed E-state index contributed by atoms with van der Waals surface area (Å²) in [5, 5.41) is 24.0. The van der Waals surface area contributed by atoms with E-state index in [1.807, 2.05) is 0 Å². The van der Waals surface area contributed by atoms with Gasteiger partial charge in [-0.15, -0.1) is 0 Å². The first-order valence-corrected chi connectivity index (χ1v) is 7.20. The average molecular weight is 386 g/mol. The van der Waals surface area contributed by atoms with Gasteiger partial charge in [0.1, 0.15) is 6.10 Å². The van der Waals surface area contributed by atoms with E-state index < -0.39 is 33.3 Å². The number of aliphatic hydroxyl groups excluding tert-OH is 3. The van der Waals surface area contributed by atoms with Gasteiger partial charge >= 0.3 is 156 Å². The van der Waals surface area contributed by atoms with Gasteiger partial charge in [0.25, 0.3) is 0 Å². The summed E-state index contributed by atoms with van der Waals surface area (Å²) in [5.41, 5.74) is 0. The van der Waals surface area contributed by atoms with Crippen LogP contribution in [0.4, 0.5) is 0 Å². The normalized spacial score (nSPS) is 10.7. The van der Waals surface area contributed by atoms with Crippen LogP contribution in [-0.2, 0) is 45.3 Å². The molecule has 0 saturated carbocycles. The fraction of sp³-hybridized carbons (Fsp3) is 1.00. The summed E-state index contributed by atoms with van der Waals surface area (Å²) in [6, 6.07) is 0. The van der Waals surface area contributed by atoms with Crippen molar-refractivity contribution in [2.75, 3.05) is 13.2 Å². The standard InChI is InChI=1S/C3H8O3.2Cr.2K.7O/c4-1-3(6)2-5;;;;;;;;;;;/h3-6H,1-2H2;;;;;;;;;;;/q;;;2*+1;;;;;;2*-1. The van der Waals surface area contributed by atoms with Gasteiger partial charge in [0.05, 0.1) is 13.2 Å². The van der Waals surface area contributed by atoms with Crippen LogP contribution in [0, 0.1) is 0 Å². The van der Waals surface area contributed by atoms with E-state index in [2.05, 4.69) is 2.84 Å². The van der Waals surface area contributed by atoms with Gasteiger partial charge in [-0.25, -0.2) is 0 Å². The van der Waals surface area contributed by atoms with Crippen LogP contribution < -0.4 is 111 Å². The Kier molecular flexibility index (Phi) is 23.8. The molecule has 0 saturated heterocycles. The Bertz CT molecular complexity index is 314. The Balaban J connectivity index is -0.0000000945. The minimum atomic E-state index is -6.07. The van der Waals surface area contributed by atoms with Crippen molar-refractivity contribution < 1.29 is 172 Å². The van der Waals surface area contributed by atoms with E-state index in [0.717, 1.165) is 0 Å². The third-order valence-electron chi connectivity index (χ3n) is 0.588. The topological polar surface area (TPSA) is 184 Å².